The van der Waals surface area contributed by atoms with E-state index in [0.29, 0.717) is 65.1 Å². The molecule has 2 N–H and O–H groups in total. The van der Waals surface area contributed by atoms with Crippen LogP contribution in [0.3, 0.4) is 0 Å². The number of nitrogens with zero attached hydrogens (tertiary/aromatic N) is 3. The Kier molecular flexibility index (Phi) is 13.8. The van der Waals surface area contributed by atoms with Crippen LogP contribution in [0, 0.1) is 0 Å². The van der Waals surface area contributed by atoms with Gasteiger partial charge in [-0.05, 0) is 49.5 Å². The quantitative estimate of drug-likeness (QED) is 0.142. The lowest BCUT2D eigenvalue weighted by atomic mass is 10.1. The van der Waals surface area contributed by atoms with Crippen LogP contribution in [0.5, 0.6) is 0 Å². The monoisotopic (exact) mass is 557 g/mol. The number of carbonyl (C=O) groups is 1. The van der Waals surface area contributed by atoms with E-state index in [0.717, 1.165) is 30.0 Å². The van der Waals surface area contributed by atoms with Crippen LogP contribution in [0.15, 0.2) is 30.5 Å². The highest BCUT2D eigenvalue weighted by molar-refractivity contribution is 7.47. The maximum atomic E-state index is 12.2. The van der Waals surface area contributed by atoms with Gasteiger partial charge in [-0.15, -0.1) is 5.10 Å². The van der Waals surface area contributed by atoms with Gasteiger partial charge in [-0.2, -0.15) is 0 Å². The van der Waals surface area contributed by atoms with E-state index in [9.17, 15) is 14.2 Å². The van der Waals surface area contributed by atoms with Crippen LogP contribution < -0.4 is 5.19 Å². The fourth-order valence-electron chi connectivity index (χ4n) is 3.43. The molecule has 0 amide bonds. The minimum atomic E-state index is -3.90. The fourth-order valence-corrected chi connectivity index (χ4v) is 4.94. The Morgan fingerprint density at radius 3 is 2.57 bits per heavy atom. The predicted molar refractivity (Wildman–Crippen MR) is 141 cm³/mol. The molecule has 208 valence electrons. The highest BCUT2D eigenvalue weighted by atomic mass is 31.2. The Morgan fingerprint density at radius 2 is 1.84 bits per heavy atom. The molecule has 2 rings (SSSR count). The van der Waals surface area contributed by atoms with Crippen LogP contribution in [-0.4, -0.2) is 78.9 Å². The number of phosphoric acid groups is 1. The Morgan fingerprint density at radius 1 is 1.08 bits per heavy atom. The summed E-state index contributed by atoms with van der Waals surface area (Å²) in [5.41, 5.74) is 1.78. The molecular formula is C24H40N3O8PSi. The predicted octanol–water partition coefficient (Wildman–Crippen LogP) is 2.39. The second-order valence-electron chi connectivity index (χ2n) is 9.22. The number of unbranched alkanes of at least 4 members (excludes halogenated alkanes) is 1. The maximum absolute atomic E-state index is 12.2. The van der Waals surface area contributed by atoms with Crippen LogP contribution in [0.25, 0.3) is 0 Å². The van der Waals surface area contributed by atoms with E-state index in [1.807, 2.05) is 43.6 Å². The third-order valence-corrected chi connectivity index (χ3v) is 8.21. The number of aromatic nitrogens is 3. The zero-order chi connectivity index (χ0) is 27.2. The Bertz CT molecular complexity index is 998. The molecule has 0 aliphatic rings. The number of ketones is 1. The lowest BCUT2D eigenvalue weighted by Crippen LogP contribution is -2.41. The molecule has 1 heterocycles. The van der Waals surface area contributed by atoms with Crippen LogP contribution in [0.1, 0.15) is 36.9 Å². The molecule has 37 heavy (non-hydrogen) atoms. The van der Waals surface area contributed by atoms with Gasteiger partial charge < -0.3 is 19.2 Å². The SMILES string of the molecule is COP(=O)(O)OCCCCc1cn(CCOCCOCCCC(=O)Cc2cccc([Si](C)(C)O)c2)nn1. The molecule has 0 bridgehead atoms. The number of hydrogen-bond acceptors (Lipinski definition) is 9. The van der Waals surface area contributed by atoms with Gasteiger partial charge in [0, 0.05) is 32.8 Å². The zero-order valence-corrected chi connectivity index (χ0v) is 23.9. The summed E-state index contributed by atoms with van der Waals surface area (Å²) in [7, 11) is -5.14. The van der Waals surface area contributed by atoms with Crippen molar-refractivity contribution in [2.45, 2.75) is 58.2 Å². The van der Waals surface area contributed by atoms with Crippen molar-refractivity contribution in [1.29, 1.82) is 0 Å². The lowest BCUT2D eigenvalue weighted by Gasteiger charge is -2.15. The molecule has 1 atom stereocenters. The van der Waals surface area contributed by atoms with Crippen molar-refractivity contribution in [2.24, 2.45) is 0 Å². The zero-order valence-electron chi connectivity index (χ0n) is 22.0. The first-order valence-electron chi connectivity index (χ1n) is 12.5. The molecule has 0 saturated heterocycles. The van der Waals surface area contributed by atoms with Crippen molar-refractivity contribution in [3.63, 3.8) is 0 Å². The van der Waals surface area contributed by atoms with Gasteiger partial charge in [0.15, 0.2) is 0 Å². The number of ether oxygens (including phenoxy) is 2. The smallest absolute Gasteiger partial charge is 0.428 e. The van der Waals surface area contributed by atoms with Gasteiger partial charge in [-0.1, -0.05) is 29.5 Å². The maximum Gasteiger partial charge on any atom is 0.471 e. The number of Topliss-reactive ketones (excluding diaryl/α,β-unsaturated/α-hetero) is 1. The standard InChI is InChI=1S/C24H40N3O8PSi/c1-32-36(29,30)35-14-5-4-9-22-20-27(26-25-22)12-15-34-17-16-33-13-7-10-23(28)18-21-8-6-11-24(19-21)37(2,3)31/h6,8,11,19-20,31H,4-5,7,9-10,12-18H2,1-3H3,(H,29,30). The van der Waals surface area contributed by atoms with E-state index >= 15 is 0 Å². The number of carbonyl (C=O) groups excluding carboxylic acids is 1. The topological polar surface area (TPSA) is 142 Å². The molecule has 0 spiro atoms. The van der Waals surface area contributed by atoms with Gasteiger partial charge in [0.05, 0.1) is 38.7 Å². The van der Waals surface area contributed by atoms with Crippen molar-refractivity contribution in [2.75, 3.05) is 40.1 Å². The molecule has 0 aliphatic heterocycles. The van der Waals surface area contributed by atoms with Gasteiger partial charge in [0.2, 0.25) is 8.32 Å². The summed E-state index contributed by atoms with van der Waals surface area (Å²) < 4.78 is 33.2. The molecule has 0 radical (unpaired) electrons. The summed E-state index contributed by atoms with van der Waals surface area (Å²) in [6.07, 6.45) is 5.40. The average molecular weight is 558 g/mol. The summed E-state index contributed by atoms with van der Waals surface area (Å²) in [6.45, 7) is 6.35. The minimum Gasteiger partial charge on any atom is -0.428 e. The number of aryl methyl sites for hydroxylation is 1. The van der Waals surface area contributed by atoms with Crippen LogP contribution in [-0.2, 0) is 47.3 Å². The van der Waals surface area contributed by atoms with Crippen molar-refractivity contribution in [3.05, 3.63) is 41.7 Å². The van der Waals surface area contributed by atoms with E-state index < -0.39 is 16.1 Å². The van der Waals surface area contributed by atoms with Crippen LogP contribution in [0.2, 0.25) is 13.1 Å². The molecule has 2 aromatic rings. The summed E-state index contributed by atoms with van der Waals surface area (Å²) in [5.74, 6) is 0.164. The first-order chi connectivity index (χ1) is 17.6. The van der Waals surface area contributed by atoms with Gasteiger partial charge in [0.1, 0.15) is 5.78 Å². The first kappa shape index (κ1) is 31.5. The summed E-state index contributed by atoms with van der Waals surface area (Å²) in [4.78, 5) is 31.7. The third-order valence-electron chi connectivity index (χ3n) is 5.51. The summed E-state index contributed by atoms with van der Waals surface area (Å²) in [5, 5.41) is 9.11. The normalized spacial score (nSPS) is 13.5. The van der Waals surface area contributed by atoms with Gasteiger partial charge in [-0.3, -0.25) is 13.8 Å². The van der Waals surface area contributed by atoms with Gasteiger partial charge >= 0.3 is 7.82 Å². The Balaban J connectivity index is 1.46. The molecule has 0 fully saturated rings. The number of hydrogen-bond donors (Lipinski definition) is 2. The first-order valence-corrected chi connectivity index (χ1v) is 16.9. The molecule has 0 saturated carbocycles. The van der Waals surface area contributed by atoms with E-state index in [1.54, 1.807) is 4.68 Å². The summed E-state index contributed by atoms with van der Waals surface area (Å²) in [6, 6.07) is 7.69. The average Bonchev–Trinajstić information content (AvgIpc) is 3.30. The molecule has 1 aromatic carbocycles. The van der Waals surface area contributed by atoms with Gasteiger partial charge in [-0.25, -0.2) is 9.25 Å². The van der Waals surface area contributed by atoms with Crippen LogP contribution >= 0.6 is 7.82 Å². The highest BCUT2D eigenvalue weighted by Gasteiger charge is 2.20. The Hall–Kier alpha value is -1.76. The largest absolute Gasteiger partial charge is 0.471 e. The second-order valence-corrected chi connectivity index (χ2v) is 14.5. The van der Waals surface area contributed by atoms with E-state index in [2.05, 4.69) is 14.8 Å². The number of phosphoric ester groups is 1. The molecule has 1 unspecified atom stereocenters. The second kappa shape index (κ2) is 16.3. The fraction of sp³-hybridized carbons (Fsp3) is 0.625. The molecular weight excluding hydrogens is 517 g/mol. The highest BCUT2D eigenvalue weighted by Crippen LogP contribution is 2.41. The third kappa shape index (κ3) is 13.6. The molecule has 13 heteroatoms. The van der Waals surface area contributed by atoms with Crippen molar-refractivity contribution < 1.29 is 37.6 Å². The molecule has 11 nitrogen and oxygen atoms in total. The van der Waals surface area contributed by atoms with Crippen molar-refractivity contribution in [3.8, 4) is 0 Å². The molecule has 1 aromatic heterocycles. The summed E-state index contributed by atoms with van der Waals surface area (Å²) >= 11 is 0. The molecule has 0 aliphatic carbocycles. The van der Waals surface area contributed by atoms with Crippen molar-refractivity contribution >= 4 is 27.1 Å². The number of rotatable bonds is 20. The van der Waals surface area contributed by atoms with Crippen molar-refractivity contribution in [1.82, 2.24) is 15.0 Å². The van der Waals surface area contributed by atoms with E-state index in [4.69, 9.17) is 18.9 Å². The lowest BCUT2D eigenvalue weighted by molar-refractivity contribution is -0.118. The number of benzene rings is 1. The van der Waals surface area contributed by atoms with Crippen LogP contribution in [0.4, 0.5) is 0 Å². The minimum absolute atomic E-state index is 0.140. The van der Waals surface area contributed by atoms with Gasteiger partial charge in [0.25, 0.3) is 0 Å². The van der Waals surface area contributed by atoms with E-state index in [-0.39, 0.29) is 12.4 Å². The Labute approximate surface area is 219 Å². The van der Waals surface area contributed by atoms with E-state index in [1.165, 1.54) is 0 Å².